The third-order valence-electron chi connectivity index (χ3n) is 5.42. The van der Waals surface area contributed by atoms with E-state index in [-0.39, 0.29) is 17.7 Å². The Kier molecular flexibility index (Phi) is 6.90. The number of hydrogen-bond donors (Lipinski definition) is 0. The number of methoxy groups -OCH3 is 2. The van der Waals surface area contributed by atoms with E-state index in [0.29, 0.717) is 37.1 Å². The molecule has 176 valence electrons. The second-order valence-corrected chi connectivity index (χ2v) is 8.91. The maximum Gasteiger partial charge on any atom is 0.338 e. The number of fused-ring (bicyclic) bond motifs is 1. The minimum absolute atomic E-state index is 0.193. The van der Waals surface area contributed by atoms with Crippen molar-refractivity contribution in [1.82, 2.24) is 4.57 Å². The summed E-state index contributed by atoms with van der Waals surface area (Å²) >= 11 is 7.24. The summed E-state index contributed by atoms with van der Waals surface area (Å²) < 4.78 is 18.3. The maximum atomic E-state index is 13.7. The number of nitrogens with zero attached hydrogens (tertiary/aromatic N) is 2. The first kappa shape index (κ1) is 23.8. The SMILES string of the molecule is CCOC(=O)C1=C(C)N=c2s/c(=C\c3ccc(Cl)cc3)c(=O)n2[C@@H]1c1cc(OC)ccc1OC. The Bertz CT molecular complexity index is 1450. The predicted octanol–water partition coefficient (Wildman–Crippen LogP) is 3.47. The number of allylic oxidation sites excluding steroid dienone is 1. The first-order valence-electron chi connectivity index (χ1n) is 10.5. The molecule has 0 saturated heterocycles. The zero-order chi connectivity index (χ0) is 24.4. The number of thiazole rings is 1. The summed E-state index contributed by atoms with van der Waals surface area (Å²) in [6.45, 7) is 3.66. The molecule has 2 aromatic carbocycles. The van der Waals surface area contributed by atoms with Crippen molar-refractivity contribution in [3.8, 4) is 11.5 Å². The van der Waals surface area contributed by atoms with Crippen LogP contribution in [0.25, 0.3) is 6.08 Å². The molecule has 4 rings (SSSR count). The molecule has 0 saturated carbocycles. The molecule has 0 N–H and O–H groups in total. The van der Waals surface area contributed by atoms with Crippen LogP contribution in [0.15, 0.2) is 63.5 Å². The van der Waals surface area contributed by atoms with E-state index in [2.05, 4.69) is 4.99 Å². The van der Waals surface area contributed by atoms with Gasteiger partial charge in [0.25, 0.3) is 5.56 Å². The van der Waals surface area contributed by atoms with Crippen LogP contribution >= 0.6 is 22.9 Å². The van der Waals surface area contributed by atoms with Gasteiger partial charge in [0.1, 0.15) is 17.5 Å². The molecule has 1 atom stereocenters. The fourth-order valence-corrected chi connectivity index (χ4v) is 5.02. The molecule has 0 amide bonds. The summed E-state index contributed by atoms with van der Waals surface area (Å²) in [5.74, 6) is 0.539. The van der Waals surface area contributed by atoms with Gasteiger partial charge in [-0.05, 0) is 55.8 Å². The largest absolute Gasteiger partial charge is 0.497 e. The van der Waals surface area contributed by atoms with Crippen molar-refractivity contribution >= 4 is 35.0 Å². The quantitative estimate of drug-likeness (QED) is 0.486. The number of hydrogen-bond acceptors (Lipinski definition) is 7. The minimum Gasteiger partial charge on any atom is -0.497 e. The van der Waals surface area contributed by atoms with Gasteiger partial charge >= 0.3 is 5.97 Å². The molecule has 0 aliphatic carbocycles. The number of halogens is 1. The fraction of sp³-hybridized carbons (Fsp3) is 0.240. The van der Waals surface area contributed by atoms with E-state index in [1.165, 1.54) is 23.0 Å². The molecule has 0 radical (unpaired) electrons. The Labute approximate surface area is 205 Å². The van der Waals surface area contributed by atoms with Gasteiger partial charge in [0.2, 0.25) is 0 Å². The molecule has 1 aliphatic rings. The molecule has 0 spiro atoms. The molecule has 0 fully saturated rings. The molecule has 7 nitrogen and oxygen atoms in total. The highest BCUT2D eigenvalue weighted by molar-refractivity contribution is 7.07. The molecule has 3 aromatic rings. The van der Waals surface area contributed by atoms with Crippen molar-refractivity contribution in [3.63, 3.8) is 0 Å². The Morgan fingerprint density at radius 3 is 2.56 bits per heavy atom. The number of ether oxygens (including phenoxy) is 3. The van der Waals surface area contributed by atoms with Crippen LogP contribution in [-0.2, 0) is 9.53 Å². The smallest absolute Gasteiger partial charge is 0.338 e. The van der Waals surface area contributed by atoms with E-state index in [1.54, 1.807) is 57.4 Å². The van der Waals surface area contributed by atoms with Crippen LogP contribution in [-0.4, -0.2) is 31.4 Å². The molecule has 0 bridgehead atoms. The molecule has 34 heavy (non-hydrogen) atoms. The first-order chi connectivity index (χ1) is 16.4. The second-order valence-electron chi connectivity index (χ2n) is 7.46. The van der Waals surface area contributed by atoms with Gasteiger partial charge in [-0.25, -0.2) is 9.79 Å². The average Bonchev–Trinajstić information content (AvgIpc) is 3.13. The van der Waals surface area contributed by atoms with Gasteiger partial charge < -0.3 is 14.2 Å². The second kappa shape index (κ2) is 9.87. The van der Waals surface area contributed by atoms with Gasteiger partial charge in [-0.3, -0.25) is 9.36 Å². The molecular weight excluding hydrogens is 476 g/mol. The maximum absolute atomic E-state index is 13.7. The number of esters is 1. The first-order valence-corrected chi connectivity index (χ1v) is 11.7. The number of aromatic nitrogens is 1. The van der Waals surface area contributed by atoms with Gasteiger partial charge in [-0.2, -0.15) is 0 Å². The standard InChI is InChI=1S/C25H23ClN2O5S/c1-5-33-24(30)21-14(2)27-25-28(22(21)18-13-17(31-3)10-11-19(18)32-4)23(29)20(34-25)12-15-6-8-16(26)9-7-15/h6-13,22H,5H2,1-4H3/b20-12-/t22-/m1/s1. The number of benzene rings is 2. The Morgan fingerprint density at radius 1 is 1.18 bits per heavy atom. The van der Waals surface area contributed by atoms with Crippen molar-refractivity contribution in [2.24, 2.45) is 4.99 Å². The highest BCUT2D eigenvalue weighted by Gasteiger charge is 2.35. The van der Waals surface area contributed by atoms with Crippen LogP contribution in [0, 0.1) is 0 Å². The van der Waals surface area contributed by atoms with E-state index in [1.807, 2.05) is 12.1 Å². The molecule has 2 heterocycles. The third-order valence-corrected chi connectivity index (χ3v) is 6.65. The molecule has 1 aromatic heterocycles. The van der Waals surface area contributed by atoms with Gasteiger partial charge in [0.05, 0.1) is 36.6 Å². The van der Waals surface area contributed by atoms with Crippen molar-refractivity contribution < 1.29 is 19.0 Å². The van der Waals surface area contributed by atoms with Crippen molar-refractivity contribution in [1.29, 1.82) is 0 Å². The van der Waals surface area contributed by atoms with E-state index in [0.717, 1.165) is 5.56 Å². The van der Waals surface area contributed by atoms with E-state index < -0.39 is 12.0 Å². The van der Waals surface area contributed by atoms with Gasteiger partial charge in [0, 0.05) is 10.6 Å². The van der Waals surface area contributed by atoms with Crippen LogP contribution in [0.4, 0.5) is 0 Å². The Morgan fingerprint density at radius 2 is 1.91 bits per heavy atom. The summed E-state index contributed by atoms with van der Waals surface area (Å²) in [5, 5.41) is 0.610. The highest BCUT2D eigenvalue weighted by atomic mass is 35.5. The number of carbonyl (C=O) groups is 1. The summed E-state index contributed by atoms with van der Waals surface area (Å²) in [6.07, 6.45) is 1.78. The Balaban J connectivity index is 2.01. The van der Waals surface area contributed by atoms with Gasteiger partial charge in [-0.15, -0.1) is 0 Å². The predicted molar refractivity (Wildman–Crippen MR) is 131 cm³/mol. The lowest BCUT2D eigenvalue weighted by atomic mass is 9.94. The number of carbonyl (C=O) groups excluding carboxylic acids is 1. The summed E-state index contributed by atoms with van der Waals surface area (Å²) in [7, 11) is 3.09. The fourth-order valence-electron chi connectivity index (χ4n) is 3.85. The van der Waals surface area contributed by atoms with Gasteiger partial charge in [-0.1, -0.05) is 35.1 Å². The van der Waals surface area contributed by atoms with Gasteiger partial charge in [0.15, 0.2) is 4.80 Å². The van der Waals surface area contributed by atoms with E-state index >= 15 is 0 Å². The molecule has 1 aliphatic heterocycles. The van der Waals surface area contributed by atoms with Crippen molar-refractivity contribution in [3.05, 3.63) is 89.6 Å². The van der Waals surface area contributed by atoms with E-state index in [9.17, 15) is 9.59 Å². The van der Waals surface area contributed by atoms with Crippen LogP contribution in [0.1, 0.15) is 31.0 Å². The highest BCUT2D eigenvalue weighted by Crippen LogP contribution is 2.37. The zero-order valence-corrected chi connectivity index (χ0v) is 20.7. The van der Waals surface area contributed by atoms with Crippen molar-refractivity contribution in [2.75, 3.05) is 20.8 Å². The van der Waals surface area contributed by atoms with Crippen LogP contribution in [0.5, 0.6) is 11.5 Å². The lowest BCUT2D eigenvalue weighted by Gasteiger charge is -2.26. The summed E-state index contributed by atoms with van der Waals surface area (Å²) in [6, 6.07) is 11.7. The van der Waals surface area contributed by atoms with Crippen LogP contribution < -0.4 is 24.4 Å². The molecular formula is C25H23ClN2O5S. The molecule has 9 heteroatoms. The Hall–Kier alpha value is -3.36. The lowest BCUT2D eigenvalue weighted by Crippen LogP contribution is -2.40. The average molecular weight is 499 g/mol. The molecule has 0 unspecified atom stereocenters. The van der Waals surface area contributed by atoms with E-state index in [4.69, 9.17) is 25.8 Å². The summed E-state index contributed by atoms with van der Waals surface area (Å²) in [5.41, 5.74) is 1.90. The third kappa shape index (κ3) is 4.38. The minimum atomic E-state index is -0.798. The van der Waals surface area contributed by atoms with Crippen LogP contribution in [0.2, 0.25) is 5.02 Å². The topological polar surface area (TPSA) is 79.1 Å². The van der Waals surface area contributed by atoms with Crippen molar-refractivity contribution in [2.45, 2.75) is 19.9 Å². The lowest BCUT2D eigenvalue weighted by molar-refractivity contribution is -0.139. The van der Waals surface area contributed by atoms with Crippen LogP contribution in [0.3, 0.4) is 0 Å². The zero-order valence-electron chi connectivity index (χ0n) is 19.1. The summed E-state index contributed by atoms with van der Waals surface area (Å²) in [4.78, 5) is 31.8. The number of rotatable bonds is 6. The monoisotopic (exact) mass is 498 g/mol. The normalized spacial score (nSPS) is 15.6.